The van der Waals surface area contributed by atoms with Gasteiger partial charge in [-0.3, -0.25) is 0 Å². The molecular weight excluding hydrogens is 354 g/mol. The SMILES string of the molecule is CCCNC(CCc1cccs1)c1ccc(Cl)cc1Br. The van der Waals surface area contributed by atoms with Gasteiger partial charge >= 0.3 is 0 Å². The van der Waals surface area contributed by atoms with E-state index in [1.54, 1.807) is 0 Å². The Labute approximate surface area is 138 Å². The van der Waals surface area contributed by atoms with E-state index in [1.165, 1.54) is 10.4 Å². The third-order valence-corrected chi connectivity index (χ3v) is 5.10. The van der Waals surface area contributed by atoms with E-state index in [9.17, 15) is 0 Å². The van der Waals surface area contributed by atoms with Gasteiger partial charge in [0.2, 0.25) is 0 Å². The number of aryl methyl sites for hydroxylation is 1. The number of halogens is 2. The van der Waals surface area contributed by atoms with E-state index in [0.717, 1.165) is 35.3 Å². The van der Waals surface area contributed by atoms with E-state index < -0.39 is 0 Å². The summed E-state index contributed by atoms with van der Waals surface area (Å²) in [7, 11) is 0. The van der Waals surface area contributed by atoms with Crippen LogP contribution in [-0.2, 0) is 6.42 Å². The second-order valence-corrected chi connectivity index (χ2v) is 7.11. The van der Waals surface area contributed by atoms with Gasteiger partial charge in [0.05, 0.1) is 0 Å². The summed E-state index contributed by atoms with van der Waals surface area (Å²) in [5, 5.41) is 6.55. The summed E-state index contributed by atoms with van der Waals surface area (Å²) < 4.78 is 1.09. The van der Waals surface area contributed by atoms with E-state index in [1.807, 2.05) is 23.5 Å². The summed E-state index contributed by atoms with van der Waals surface area (Å²) in [4.78, 5) is 1.44. The molecule has 20 heavy (non-hydrogen) atoms. The van der Waals surface area contributed by atoms with Crippen molar-refractivity contribution in [2.45, 2.75) is 32.2 Å². The molecule has 0 radical (unpaired) electrons. The van der Waals surface area contributed by atoms with Crippen molar-refractivity contribution in [3.8, 4) is 0 Å². The second-order valence-electron chi connectivity index (χ2n) is 4.79. The largest absolute Gasteiger partial charge is 0.310 e. The van der Waals surface area contributed by atoms with E-state index in [0.29, 0.717) is 6.04 Å². The van der Waals surface area contributed by atoms with Gasteiger partial charge in [-0.05, 0) is 54.9 Å². The van der Waals surface area contributed by atoms with E-state index in [4.69, 9.17) is 11.6 Å². The molecule has 1 N–H and O–H groups in total. The van der Waals surface area contributed by atoms with Gasteiger partial charge in [0.1, 0.15) is 0 Å². The van der Waals surface area contributed by atoms with Gasteiger partial charge in [0.25, 0.3) is 0 Å². The summed E-state index contributed by atoms with van der Waals surface area (Å²) in [5.41, 5.74) is 1.29. The number of thiophene rings is 1. The fourth-order valence-corrected chi connectivity index (χ4v) is 3.90. The smallest absolute Gasteiger partial charge is 0.0417 e. The van der Waals surface area contributed by atoms with Crippen molar-refractivity contribution < 1.29 is 0 Å². The van der Waals surface area contributed by atoms with Crippen LogP contribution in [-0.4, -0.2) is 6.54 Å². The number of nitrogens with one attached hydrogen (secondary N) is 1. The molecule has 0 amide bonds. The molecule has 1 atom stereocenters. The molecule has 108 valence electrons. The highest BCUT2D eigenvalue weighted by molar-refractivity contribution is 9.10. The quantitative estimate of drug-likeness (QED) is 0.644. The lowest BCUT2D eigenvalue weighted by Gasteiger charge is -2.20. The minimum absolute atomic E-state index is 0.365. The molecule has 2 rings (SSSR count). The first-order valence-electron chi connectivity index (χ1n) is 6.91. The van der Waals surface area contributed by atoms with Crippen molar-refractivity contribution in [3.05, 3.63) is 55.6 Å². The average Bonchev–Trinajstić information content (AvgIpc) is 2.93. The van der Waals surface area contributed by atoms with Gasteiger partial charge in [-0.15, -0.1) is 11.3 Å². The van der Waals surface area contributed by atoms with Gasteiger partial charge in [-0.2, -0.15) is 0 Å². The maximum Gasteiger partial charge on any atom is 0.0417 e. The van der Waals surface area contributed by atoms with Crippen molar-refractivity contribution in [2.75, 3.05) is 6.54 Å². The van der Waals surface area contributed by atoms with Crippen LogP contribution in [0, 0.1) is 0 Å². The first-order valence-corrected chi connectivity index (χ1v) is 8.96. The molecule has 0 saturated heterocycles. The number of hydrogen-bond donors (Lipinski definition) is 1. The molecule has 2 aromatic rings. The third-order valence-electron chi connectivity index (χ3n) is 3.24. The zero-order valence-electron chi connectivity index (χ0n) is 11.5. The standard InChI is InChI=1S/C16H19BrClNS/c1-2-9-19-16(8-6-13-4-3-10-20-13)14-7-5-12(18)11-15(14)17/h3-5,7,10-11,16,19H,2,6,8-9H2,1H3. The molecule has 0 aliphatic heterocycles. The molecule has 0 fully saturated rings. The van der Waals surface area contributed by atoms with Crippen LogP contribution in [0.3, 0.4) is 0 Å². The lowest BCUT2D eigenvalue weighted by atomic mass is 10.0. The highest BCUT2D eigenvalue weighted by Gasteiger charge is 2.14. The predicted octanol–water partition coefficient (Wildman–Crippen LogP) is 5.84. The topological polar surface area (TPSA) is 12.0 Å². The zero-order chi connectivity index (χ0) is 14.4. The van der Waals surface area contributed by atoms with Crippen LogP contribution in [0.4, 0.5) is 0 Å². The van der Waals surface area contributed by atoms with Crippen molar-refractivity contribution in [3.63, 3.8) is 0 Å². The number of rotatable bonds is 7. The van der Waals surface area contributed by atoms with Gasteiger partial charge in [-0.1, -0.05) is 46.6 Å². The molecule has 1 aromatic carbocycles. The van der Waals surface area contributed by atoms with E-state index in [-0.39, 0.29) is 0 Å². The molecule has 1 aromatic heterocycles. The molecule has 0 aliphatic rings. The van der Waals surface area contributed by atoms with Gasteiger partial charge in [0, 0.05) is 20.4 Å². The Balaban J connectivity index is 2.09. The summed E-state index contributed by atoms with van der Waals surface area (Å²) in [6.07, 6.45) is 3.34. The molecule has 1 nitrogen and oxygen atoms in total. The minimum atomic E-state index is 0.365. The molecule has 0 bridgehead atoms. The van der Waals surface area contributed by atoms with Crippen LogP contribution in [0.5, 0.6) is 0 Å². The Kier molecular flexibility index (Phi) is 6.56. The van der Waals surface area contributed by atoms with E-state index >= 15 is 0 Å². The summed E-state index contributed by atoms with van der Waals surface area (Å²) >= 11 is 11.5. The lowest BCUT2D eigenvalue weighted by molar-refractivity contribution is 0.499. The summed E-state index contributed by atoms with van der Waals surface area (Å²) in [5.74, 6) is 0. The number of hydrogen-bond acceptors (Lipinski definition) is 2. The first kappa shape index (κ1) is 16.0. The Bertz CT molecular complexity index is 527. The van der Waals surface area contributed by atoms with Crippen LogP contribution in [0.1, 0.15) is 36.2 Å². The van der Waals surface area contributed by atoms with E-state index in [2.05, 4.69) is 51.7 Å². The van der Waals surface area contributed by atoms with Gasteiger partial charge in [-0.25, -0.2) is 0 Å². The average molecular weight is 373 g/mol. The molecule has 0 saturated carbocycles. The van der Waals surface area contributed by atoms with Crippen molar-refractivity contribution in [2.24, 2.45) is 0 Å². The Morgan fingerprint density at radius 2 is 2.20 bits per heavy atom. The lowest BCUT2D eigenvalue weighted by Crippen LogP contribution is -2.23. The van der Waals surface area contributed by atoms with Gasteiger partial charge < -0.3 is 5.32 Å². The van der Waals surface area contributed by atoms with Crippen LogP contribution < -0.4 is 5.32 Å². The monoisotopic (exact) mass is 371 g/mol. The zero-order valence-corrected chi connectivity index (χ0v) is 14.7. The van der Waals surface area contributed by atoms with Crippen molar-refractivity contribution in [1.29, 1.82) is 0 Å². The van der Waals surface area contributed by atoms with Crippen molar-refractivity contribution in [1.82, 2.24) is 5.32 Å². The Hall–Kier alpha value is -0.350. The third kappa shape index (κ3) is 4.59. The maximum absolute atomic E-state index is 6.04. The minimum Gasteiger partial charge on any atom is -0.310 e. The Morgan fingerprint density at radius 1 is 1.35 bits per heavy atom. The summed E-state index contributed by atoms with van der Waals surface area (Å²) in [6.45, 7) is 3.23. The fourth-order valence-electron chi connectivity index (χ4n) is 2.21. The molecular formula is C16H19BrClNS. The predicted molar refractivity (Wildman–Crippen MR) is 92.8 cm³/mol. The van der Waals surface area contributed by atoms with Gasteiger partial charge in [0.15, 0.2) is 0 Å². The highest BCUT2D eigenvalue weighted by Crippen LogP contribution is 2.29. The molecule has 0 spiro atoms. The fraction of sp³-hybridized carbons (Fsp3) is 0.375. The summed E-state index contributed by atoms with van der Waals surface area (Å²) in [6, 6.07) is 10.7. The molecule has 1 unspecified atom stereocenters. The first-order chi connectivity index (χ1) is 9.70. The van der Waals surface area contributed by atoms with Crippen molar-refractivity contribution >= 4 is 38.9 Å². The van der Waals surface area contributed by atoms with Crippen LogP contribution in [0.15, 0.2) is 40.2 Å². The normalized spacial score (nSPS) is 12.6. The molecule has 4 heteroatoms. The molecule has 0 aliphatic carbocycles. The Morgan fingerprint density at radius 3 is 2.85 bits per heavy atom. The number of benzene rings is 1. The van der Waals surface area contributed by atoms with Crippen LogP contribution in [0.2, 0.25) is 5.02 Å². The maximum atomic E-state index is 6.04. The molecule has 1 heterocycles. The highest BCUT2D eigenvalue weighted by atomic mass is 79.9. The van der Waals surface area contributed by atoms with Crippen LogP contribution in [0.25, 0.3) is 0 Å². The van der Waals surface area contributed by atoms with Crippen LogP contribution >= 0.6 is 38.9 Å². The second kappa shape index (κ2) is 8.18.